The van der Waals surface area contributed by atoms with E-state index in [4.69, 9.17) is 0 Å². The van der Waals surface area contributed by atoms with Gasteiger partial charge in [0.1, 0.15) is 12.9 Å². The van der Waals surface area contributed by atoms with Crippen LogP contribution in [0.1, 0.15) is 23.9 Å². The Bertz CT molecular complexity index is 994. The van der Waals surface area contributed by atoms with Crippen molar-refractivity contribution in [2.24, 2.45) is 0 Å². The van der Waals surface area contributed by atoms with Gasteiger partial charge < -0.3 is 5.32 Å². The van der Waals surface area contributed by atoms with Gasteiger partial charge in [-0.3, -0.25) is 9.36 Å². The minimum Gasteiger partial charge on any atom is -0.321 e. The van der Waals surface area contributed by atoms with Crippen molar-refractivity contribution in [3.63, 3.8) is 0 Å². The standard InChI is InChI=1S/C18H22N6O2/c1-5-23-18(26)22(11-19-23)10-16(25)20-17-13(3)21-24(14(17)4)15-8-6-12(2)7-9-15/h6-9,11H,5,10H2,1-4H3,(H,20,25). The zero-order valence-corrected chi connectivity index (χ0v) is 15.4. The van der Waals surface area contributed by atoms with Gasteiger partial charge in [0, 0.05) is 6.54 Å². The van der Waals surface area contributed by atoms with Crippen molar-refractivity contribution in [1.29, 1.82) is 0 Å². The van der Waals surface area contributed by atoms with Crippen molar-refractivity contribution < 1.29 is 4.79 Å². The molecule has 1 N–H and O–H groups in total. The number of anilines is 1. The summed E-state index contributed by atoms with van der Waals surface area (Å²) < 4.78 is 4.39. The van der Waals surface area contributed by atoms with Gasteiger partial charge in [0.05, 0.1) is 22.8 Å². The molecule has 1 aromatic carbocycles. The van der Waals surface area contributed by atoms with E-state index in [1.54, 1.807) is 4.68 Å². The van der Waals surface area contributed by atoms with Crippen molar-refractivity contribution in [3.05, 3.63) is 58.0 Å². The number of rotatable bonds is 5. The molecule has 0 bridgehead atoms. The highest BCUT2D eigenvalue weighted by Crippen LogP contribution is 2.23. The molecule has 0 fully saturated rings. The third kappa shape index (κ3) is 3.30. The van der Waals surface area contributed by atoms with Crippen molar-refractivity contribution in [2.45, 2.75) is 40.8 Å². The fourth-order valence-electron chi connectivity index (χ4n) is 2.79. The Balaban J connectivity index is 1.81. The van der Waals surface area contributed by atoms with Gasteiger partial charge in [-0.2, -0.15) is 10.2 Å². The number of nitrogens with zero attached hydrogens (tertiary/aromatic N) is 5. The highest BCUT2D eigenvalue weighted by molar-refractivity contribution is 5.91. The lowest BCUT2D eigenvalue weighted by molar-refractivity contribution is -0.116. The summed E-state index contributed by atoms with van der Waals surface area (Å²) in [5.41, 5.74) is 4.00. The molecule has 0 radical (unpaired) electrons. The lowest BCUT2D eigenvalue weighted by Crippen LogP contribution is -2.29. The van der Waals surface area contributed by atoms with E-state index in [0.29, 0.717) is 17.9 Å². The molecule has 0 atom stereocenters. The van der Waals surface area contributed by atoms with E-state index in [-0.39, 0.29) is 18.1 Å². The number of aromatic nitrogens is 5. The van der Waals surface area contributed by atoms with Gasteiger partial charge in [-0.05, 0) is 39.8 Å². The molecule has 0 aliphatic heterocycles. The van der Waals surface area contributed by atoms with Gasteiger partial charge in [-0.25, -0.2) is 14.2 Å². The molecule has 2 aromatic heterocycles. The Kier molecular flexibility index (Phi) is 4.75. The van der Waals surface area contributed by atoms with Crippen LogP contribution in [0, 0.1) is 20.8 Å². The zero-order valence-electron chi connectivity index (χ0n) is 15.4. The van der Waals surface area contributed by atoms with Crippen LogP contribution in [0.3, 0.4) is 0 Å². The first-order chi connectivity index (χ1) is 12.4. The van der Waals surface area contributed by atoms with E-state index in [0.717, 1.165) is 11.4 Å². The number of nitrogens with one attached hydrogen (secondary N) is 1. The van der Waals surface area contributed by atoms with Crippen LogP contribution in [-0.4, -0.2) is 30.0 Å². The Morgan fingerprint density at radius 2 is 1.85 bits per heavy atom. The normalized spacial score (nSPS) is 10.9. The number of aryl methyl sites for hydroxylation is 3. The van der Waals surface area contributed by atoms with E-state index >= 15 is 0 Å². The maximum Gasteiger partial charge on any atom is 0.346 e. The lowest BCUT2D eigenvalue weighted by atomic mass is 10.2. The van der Waals surface area contributed by atoms with E-state index in [9.17, 15) is 9.59 Å². The number of carbonyl (C=O) groups excluding carboxylic acids is 1. The Morgan fingerprint density at radius 1 is 1.15 bits per heavy atom. The lowest BCUT2D eigenvalue weighted by Gasteiger charge is -2.07. The molecule has 0 aliphatic rings. The highest BCUT2D eigenvalue weighted by atomic mass is 16.2. The van der Waals surface area contributed by atoms with Gasteiger partial charge in [0.15, 0.2) is 0 Å². The molecule has 8 nitrogen and oxygen atoms in total. The van der Waals surface area contributed by atoms with Crippen molar-refractivity contribution in [1.82, 2.24) is 24.1 Å². The van der Waals surface area contributed by atoms with Gasteiger partial charge in [-0.15, -0.1) is 0 Å². The van der Waals surface area contributed by atoms with E-state index in [1.165, 1.54) is 21.1 Å². The summed E-state index contributed by atoms with van der Waals surface area (Å²) in [7, 11) is 0. The zero-order chi connectivity index (χ0) is 18.8. The van der Waals surface area contributed by atoms with Crippen LogP contribution in [-0.2, 0) is 17.9 Å². The molecular weight excluding hydrogens is 332 g/mol. The molecule has 3 aromatic rings. The summed E-state index contributed by atoms with van der Waals surface area (Å²) in [6, 6.07) is 8.00. The van der Waals surface area contributed by atoms with Crippen LogP contribution in [0.15, 0.2) is 35.4 Å². The topological polar surface area (TPSA) is 86.7 Å². The molecule has 26 heavy (non-hydrogen) atoms. The summed E-state index contributed by atoms with van der Waals surface area (Å²) >= 11 is 0. The third-order valence-corrected chi connectivity index (χ3v) is 4.24. The second-order valence-electron chi connectivity index (χ2n) is 6.20. The molecule has 0 saturated carbocycles. The van der Waals surface area contributed by atoms with Crippen molar-refractivity contribution in [3.8, 4) is 5.69 Å². The molecular formula is C18H22N6O2. The van der Waals surface area contributed by atoms with E-state index in [2.05, 4.69) is 15.5 Å². The molecule has 0 unspecified atom stereocenters. The van der Waals surface area contributed by atoms with Crippen LogP contribution in [0.4, 0.5) is 5.69 Å². The monoisotopic (exact) mass is 354 g/mol. The Hall–Kier alpha value is -3.16. The number of hydrogen-bond donors (Lipinski definition) is 1. The first-order valence-corrected chi connectivity index (χ1v) is 8.46. The number of hydrogen-bond acceptors (Lipinski definition) is 4. The minimum atomic E-state index is -0.300. The molecule has 136 valence electrons. The van der Waals surface area contributed by atoms with Crippen LogP contribution >= 0.6 is 0 Å². The number of carbonyl (C=O) groups is 1. The second kappa shape index (κ2) is 6.99. The maximum absolute atomic E-state index is 12.4. The van der Waals surface area contributed by atoms with Crippen LogP contribution in [0.5, 0.6) is 0 Å². The summed E-state index contributed by atoms with van der Waals surface area (Å²) in [6.45, 7) is 7.97. The molecule has 0 spiro atoms. The van der Waals surface area contributed by atoms with Gasteiger partial charge in [-0.1, -0.05) is 17.7 Å². The molecule has 3 rings (SSSR count). The van der Waals surface area contributed by atoms with Gasteiger partial charge >= 0.3 is 5.69 Å². The first kappa shape index (κ1) is 17.7. The largest absolute Gasteiger partial charge is 0.346 e. The summed E-state index contributed by atoms with van der Waals surface area (Å²) in [5.74, 6) is -0.294. The van der Waals surface area contributed by atoms with Crippen LogP contribution in [0.2, 0.25) is 0 Å². The predicted octanol–water partition coefficient (Wildman–Crippen LogP) is 1.81. The average molecular weight is 354 g/mol. The molecule has 2 heterocycles. The SMILES string of the molecule is CCn1ncn(CC(=O)Nc2c(C)nn(-c3ccc(C)cc3)c2C)c1=O. The van der Waals surface area contributed by atoms with E-state index < -0.39 is 0 Å². The van der Waals surface area contributed by atoms with Crippen LogP contribution < -0.4 is 11.0 Å². The maximum atomic E-state index is 12.4. The molecule has 0 saturated heterocycles. The van der Waals surface area contributed by atoms with E-state index in [1.807, 2.05) is 52.0 Å². The first-order valence-electron chi connectivity index (χ1n) is 8.46. The van der Waals surface area contributed by atoms with Crippen molar-refractivity contribution in [2.75, 3.05) is 5.32 Å². The van der Waals surface area contributed by atoms with Gasteiger partial charge in [0.2, 0.25) is 5.91 Å². The fraction of sp³-hybridized carbons (Fsp3) is 0.333. The molecule has 1 amide bonds. The molecule has 0 aliphatic carbocycles. The molecule has 8 heteroatoms. The third-order valence-electron chi connectivity index (χ3n) is 4.24. The number of amides is 1. The summed E-state index contributed by atoms with van der Waals surface area (Å²) in [4.78, 5) is 24.4. The van der Waals surface area contributed by atoms with Crippen LogP contribution in [0.25, 0.3) is 5.69 Å². The summed E-state index contributed by atoms with van der Waals surface area (Å²) in [5, 5.41) is 11.3. The number of benzene rings is 1. The average Bonchev–Trinajstić information content (AvgIpc) is 3.10. The summed E-state index contributed by atoms with van der Waals surface area (Å²) in [6.07, 6.45) is 1.38. The Morgan fingerprint density at radius 3 is 2.46 bits per heavy atom. The second-order valence-corrected chi connectivity index (χ2v) is 6.20. The highest BCUT2D eigenvalue weighted by Gasteiger charge is 2.16. The quantitative estimate of drug-likeness (QED) is 0.757. The van der Waals surface area contributed by atoms with Crippen molar-refractivity contribution >= 4 is 11.6 Å². The smallest absolute Gasteiger partial charge is 0.321 e. The minimum absolute atomic E-state index is 0.0899. The Labute approximate surface area is 151 Å². The fourth-order valence-corrected chi connectivity index (χ4v) is 2.79. The predicted molar refractivity (Wildman–Crippen MR) is 98.6 cm³/mol. The van der Waals surface area contributed by atoms with Gasteiger partial charge in [0.25, 0.3) is 0 Å².